The molecule has 0 aliphatic rings. The molecule has 0 atom stereocenters. The lowest BCUT2D eigenvalue weighted by molar-refractivity contribution is 0.669. The fourth-order valence-electron chi connectivity index (χ4n) is 10.2. The predicted molar refractivity (Wildman–Crippen MR) is 282 cm³/mol. The lowest BCUT2D eigenvalue weighted by atomic mass is 9.93. The van der Waals surface area contributed by atoms with E-state index in [1.54, 1.807) is 0 Å². The minimum absolute atomic E-state index is 0.900. The molecule has 11 aromatic carbocycles. The average molecular weight is 855 g/mol. The normalized spacial score (nSPS) is 11.6. The molecular weight excluding hydrogens is 813 g/mol. The average Bonchev–Trinajstić information content (AvgIpc) is 3.95. The highest BCUT2D eigenvalue weighted by Gasteiger charge is 2.19. The summed E-state index contributed by atoms with van der Waals surface area (Å²) in [6.45, 7) is 0. The molecule has 0 bridgehead atoms. The fraction of sp³-hybridized carbons (Fsp3) is 0. The molecule has 13 rings (SSSR count). The molecule has 0 aliphatic heterocycles. The van der Waals surface area contributed by atoms with Crippen molar-refractivity contribution in [1.29, 1.82) is 0 Å². The molecule has 0 amide bonds. The topological polar surface area (TPSA) is 21.3 Å². The minimum atomic E-state index is 0.900. The maximum absolute atomic E-state index is 6.17. The van der Waals surface area contributed by atoms with Crippen LogP contribution < -0.4 is 4.90 Å². The fourth-order valence-corrected chi connectivity index (χ4v) is 10.2. The second-order valence-electron chi connectivity index (χ2n) is 17.3. The van der Waals surface area contributed by atoms with Crippen LogP contribution in [0.1, 0.15) is 0 Å². The van der Waals surface area contributed by atoms with Gasteiger partial charge in [-0.25, -0.2) is 0 Å². The van der Waals surface area contributed by atoms with Gasteiger partial charge in [0, 0.05) is 49.7 Å². The van der Waals surface area contributed by atoms with Crippen molar-refractivity contribution in [3.05, 3.63) is 255 Å². The summed E-state index contributed by atoms with van der Waals surface area (Å²) in [6.07, 6.45) is 0. The third kappa shape index (κ3) is 6.67. The highest BCUT2D eigenvalue weighted by atomic mass is 16.3. The van der Waals surface area contributed by atoms with E-state index in [-0.39, 0.29) is 0 Å². The van der Waals surface area contributed by atoms with Gasteiger partial charge in [-0.3, -0.25) is 0 Å². The van der Waals surface area contributed by atoms with E-state index in [0.29, 0.717) is 0 Å². The molecule has 0 saturated carbocycles. The Labute approximate surface area is 388 Å². The van der Waals surface area contributed by atoms with E-state index in [9.17, 15) is 0 Å². The Morgan fingerprint density at radius 3 is 1.55 bits per heavy atom. The van der Waals surface area contributed by atoms with E-state index in [0.717, 1.165) is 61.4 Å². The summed E-state index contributed by atoms with van der Waals surface area (Å²) in [6, 6.07) is 92.0. The molecule has 2 aromatic heterocycles. The first-order valence-corrected chi connectivity index (χ1v) is 22.9. The number of furan rings is 1. The van der Waals surface area contributed by atoms with Crippen LogP contribution in [0.2, 0.25) is 0 Å². The standard InChI is InChI=1S/C64H42N2O/c1-4-14-45(15-5-1)54-38-35-53(42-59(54)46-16-6-2-7-17-46)65(51-31-24-43(25-32-51)48-30-39-63-60(40-48)57-22-12-13-23-62(57)67-63)52-33-26-44(27-34-52)49-29-36-56-58-37-28-47-18-10-11-21-55(47)64(58)66(61(56)41-49)50-19-8-3-9-20-50/h1-42H. The quantitative estimate of drug-likeness (QED) is 0.152. The molecule has 0 N–H and O–H groups in total. The molecule has 0 spiro atoms. The van der Waals surface area contributed by atoms with Gasteiger partial charge >= 0.3 is 0 Å². The Hall–Kier alpha value is -8.92. The molecule has 314 valence electrons. The van der Waals surface area contributed by atoms with E-state index in [2.05, 4.69) is 252 Å². The van der Waals surface area contributed by atoms with Gasteiger partial charge < -0.3 is 13.9 Å². The molecule has 3 nitrogen and oxygen atoms in total. The van der Waals surface area contributed by atoms with Crippen molar-refractivity contribution in [3.8, 4) is 50.2 Å². The largest absolute Gasteiger partial charge is 0.456 e. The number of aromatic nitrogens is 1. The third-order valence-electron chi connectivity index (χ3n) is 13.4. The smallest absolute Gasteiger partial charge is 0.135 e. The van der Waals surface area contributed by atoms with Crippen LogP contribution in [0.5, 0.6) is 0 Å². The van der Waals surface area contributed by atoms with Crippen molar-refractivity contribution >= 4 is 71.6 Å². The highest BCUT2D eigenvalue weighted by molar-refractivity contribution is 6.19. The summed E-state index contributed by atoms with van der Waals surface area (Å²) in [5, 5.41) is 7.24. The van der Waals surface area contributed by atoms with Gasteiger partial charge in [-0.1, -0.05) is 182 Å². The van der Waals surface area contributed by atoms with E-state index >= 15 is 0 Å². The van der Waals surface area contributed by atoms with Gasteiger partial charge in [0.15, 0.2) is 0 Å². The van der Waals surface area contributed by atoms with Crippen LogP contribution >= 0.6 is 0 Å². The zero-order valence-corrected chi connectivity index (χ0v) is 36.6. The summed E-state index contributed by atoms with van der Waals surface area (Å²) in [4.78, 5) is 2.38. The number of benzene rings is 11. The number of hydrogen-bond acceptors (Lipinski definition) is 2. The Balaban J connectivity index is 0.939. The summed E-state index contributed by atoms with van der Waals surface area (Å²) >= 11 is 0. The Kier molecular flexibility index (Phi) is 9.17. The molecule has 3 heteroatoms. The Bertz CT molecular complexity index is 3940. The van der Waals surface area contributed by atoms with Gasteiger partial charge in [-0.05, 0) is 123 Å². The Morgan fingerprint density at radius 1 is 0.299 bits per heavy atom. The molecule has 0 saturated heterocycles. The van der Waals surface area contributed by atoms with Crippen LogP contribution in [0, 0.1) is 0 Å². The number of para-hydroxylation sites is 2. The maximum atomic E-state index is 6.17. The zero-order valence-electron chi connectivity index (χ0n) is 36.6. The monoisotopic (exact) mass is 854 g/mol. The first-order chi connectivity index (χ1) is 33.2. The molecule has 13 aromatic rings. The summed E-state index contributed by atoms with van der Waals surface area (Å²) < 4.78 is 8.61. The first kappa shape index (κ1) is 38.5. The van der Waals surface area contributed by atoms with Crippen molar-refractivity contribution in [1.82, 2.24) is 4.57 Å². The van der Waals surface area contributed by atoms with Crippen molar-refractivity contribution in [2.45, 2.75) is 0 Å². The number of nitrogens with zero attached hydrogens (tertiary/aromatic N) is 2. The molecule has 0 aliphatic carbocycles. The molecule has 0 radical (unpaired) electrons. The summed E-state index contributed by atoms with van der Waals surface area (Å²) in [5.74, 6) is 0. The second kappa shape index (κ2) is 16.0. The summed E-state index contributed by atoms with van der Waals surface area (Å²) in [7, 11) is 0. The van der Waals surface area contributed by atoms with Gasteiger partial charge in [0.2, 0.25) is 0 Å². The maximum Gasteiger partial charge on any atom is 0.135 e. The summed E-state index contributed by atoms with van der Waals surface area (Å²) in [5.41, 5.74) is 17.9. The van der Waals surface area contributed by atoms with Crippen LogP contribution in [0.3, 0.4) is 0 Å². The zero-order chi connectivity index (χ0) is 44.3. The van der Waals surface area contributed by atoms with E-state index in [1.807, 2.05) is 12.1 Å². The lowest BCUT2D eigenvalue weighted by Crippen LogP contribution is -2.10. The number of fused-ring (bicyclic) bond motifs is 8. The number of hydrogen-bond donors (Lipinski definition) is 0. The van der Waals surface area contributed by atoms with Gasteiger partial charge in [-0.2, -0.15) is 0 Å². The van der Waals surface area contributed by atoms with Crippen molar-refractivity contribution in [3.63, 3.8) is 0 Å². The minimum Gasteiger partial charge on any atom is -0.456 e. The molecular formula is C64H42N2O. The Morgan fingerprint density at radius 2 is 0.836 bits per heavy atom. The molecule has 2 heterocycles. The lowest BCUT2D eigenvalue weighted by Gasteiger charge is -2.27. The highest BCUT2D eigenvalue weighted by Crippen LogP contribution is 2.43. The number of rotatable bonds is 8. The third-order valence-corrected chi connectivity index (χ3v) is 13.4. The van der Waals surface area contributed by atoms with E-state index in [4.69, 9.17) is 4.42 Å². The second-order valence-corrected chi connectivity index (χ2v) is 17.3. The van der Waals surface area contributed by atoms with Crippen LogP contribution in [0.4, 0.5) is 17.1 Å². The van der Waals surface area contributed by atoms with Crippen LogP contribution in [0.15, 0.2) is 259 Å². The van der Waals surface area contributed by atoms with Crippen molar-refractivity contribution < 1.29 is 4.42 Å². The SMILES string of the molecule is c1ccc(-c2ccc(N(c3ccc(-c4ccc5oc6ccccc6c5c4)cc3)c3ccc(-c4ccc5c6ccc7ccccc7c6n(-c6ccccc6)c5c4)cc3)cc2-c2ccccc2)cc1. The van der Waals surface area contributed by atoms with Crippen LogP contribution in [-0.4, -0.2) is 4.57 Å². The van der Waals surface area contributed by atoms with Gasteiger partial charge in [0.25, 0.3) is 0 Å². The van der Waals surface area contributed by atoms with Gasteiger partial charge in [-0.15, -0.1) is 0 Å². The van der Waals surface area contributed by atoms with Crippen molar-refractivity contribution in [2.24, 2.45) is 0 Å². The molecule has 0 unspecified atom stereocenters. The van der Waals surface area contributed by atoms with Gasteiger partial charge in [0.1, 0.15) is 11.2 Å². The van der Waals surface area contributed by atoms with E-state index < -0.39 is 0 Å². The van der Waals surface area contributed by atoms with E-state index in [1.165, 1.54) is 60.4 Å². The number of anilines is 3. The van der Waals surface area contributed by atoms with Crippen molar-refractivity contribution in [2.75, 3.05) is 4.90 Å². The van der Waals surface area contributed by atoms with Crippen LogP contribution in [-0.2, 0) is 0 Å². The van der Waals surface area contributed by atoms with Gasteiger partial charge in [0.05, 0.1) is 11.0 Å². The molecule has 67 heavy (non-hydrogen) atoms. The molecule has 0 fully saturated rings. The van der Waals surface area contributed by atoms with Crippen LogP contribution in [0.25, 0.3) is 105 Å². The predicted octanol–water partition coefficient (Wildman–Crippen LogP) is 18.0. The first-order valence-electron chi connectivity index (χ1n) is 22.9.